The first kappa shape index (κ1) is 23.0. The zero-order valence-corrected chi connectivity index (χ0v) is 18.7. The van der Waals surface area contributed by atoms with Crippen molar-refractivity contribution in [3.63, 3.8) is 0 Å². The van der Waals surface area contributed by atoms with Gasteiger partial charge in [0.05, 0.1) is 27.1 Å². The van der Waals surface area contributed by atoms with Gasteiger partial charge in [0.2, 0.25) is 6.79 Å². The number of benzene rings is 1. The molecule has 0 radical (unpaired) electrons. The molecule has 1 aliphatic rings. The summed E-state index contributed by atoms with van der Waals surface area (Å²) in [5.74, 6) is -1.23. The van der Waals surface area contributed by atoms with E-state index in [2.05, 4.69) is 0 Å². The fourth-order valence-electron chi connectivity index (χ4n) is 2.85. The van der Waals surface area contributed by atoms with Crippen LogP contribution in [0.15, 0.2) is 29.5 Å². The van der Waals surface area contributed by atoms with Gasteiger partial charge < -0.3 is 19.3 Å². The van der Waals surface area contributed by atoms with E-state index in [4.69, 9.17) is 32.7 Å². The Morgan fingerprint density at radius 3 is 2.34 bits per heavy atom. The topological polar surface area (TPSA) is 76.1 Å². The number of ether oxygens (including phenoxy) is 2. The molecule has 0 saturated heterocycles. The van der Waals surface area contributed by atoms with Crippen molar-refractivity contribution in [1.82, 2.24) is 9.80 Å². The van der Waals surface area contributed by atoms with Gasteiger partial charge in [-0.25, -0.2) is 9.59 Å². The Labute approximate surface area is 180 Å². The maximum absolute atomic E-state index is 12.9. The minimum Gasteiger partial charge on any atom is -0.427 e. The van der Waals surface area contributed by atoms with E-state index in [9.17, 15) is 14.4 Å². The zero-order chi connectivity index (χ0) is 22.1. The van der Waals surface area contributed by atoms with Gasteiger partial charge in [0.25, 0.3) is 0 Å². The second-order valence-corrected chi connectivity index (χ2v) is 8.51. The van der Waals surface area contributed by atoms with E-state index in [1.54, 1.807) is 60.0 Å². The number of rotatable bonds is 4. The van der Waals surface area contributed by atoms with Crippen LogP contribution in [0.3, 0.4) is 0 Å². The number of hydrogen-bond donors (Lipinski definition) is 0. The van der Waals surface area contributed by atoms with Gasteiger partial charge in [0.1, 0.15) is 0 Å². The first-order chi connectivity index (χ1) is 13.4. The third-order valence-corrected chi connectivity index (χ3v) is 5.46. The molecule has 1 heterocycles. The van der Waals surface area contributed by atoms with E-state index in [1.165, 1.54) is 9.80 Å². The van der Waals surface area contributed by atoms with Crippen LogP contribution in [-0.4, -0.2) is 48.7 Å². The standard InChI is InChI=1S/C20H24Cl2N2O5/c1-11-14(17(25)28-10-29-18(26)20(2,3)4)16(24(6)19(27)23(11)5)12-8-7-9-13(21)15(12)22/h7-9,16H,10H2,1-6H3. The number of hydrogen-bond acceptors (Lipinski definition) is 5. The van der Waals surface area contributed by atoms with Gasteiger partial charge >= 0.3 is 18.0 Å². The van der Waals surface area contributed by atoms with E-state index in [-0.39, 0.29) is 16.6 Å². The molecule has 2 amide bonds. The maximum Gasteiger partial charge on any atom is 0.341 e. The average molecular weight is 443 g/mol. The molecule has 1 atom stereocenters. The van der Waals surface area contributed by atoms with Crippen molar-refractivity contribution in [3.8, 4) is 0 Å². The highest BCUT2D eigenvalue weighted by atomic mass is 35.5. The van der Waals surface area contributed by atoms with E-state index in [0.717, 1.165) is 0 Å². The van der Waals surface area contributed by atoms with Crippen molar-refractivity contribution < 1.29 is 23.9 Å². The van der Waals surface area contributed by atoms with Crippen LogP contribution in [0.4, 0.5) is 4.79 Å². The number of allylic oxidation sites excluding steroid dienone is 1. The Hall–Kier alpha value is -2.25. The summed E-state index contributed by atoms with van der Waals surface area (Å²) in [5.41, 5.74) is 0.365. The third-order valence-electron chi connectivity index (χ3n) is 4.63. The molecule has 0 fully saturated rings. The molecule has 158 valence electrons. The van der Waals surface area contributed by atoms with Crippen molar-refractivity contribution in [3.05, 3.63) is 45.1 Å². The van der Waals surface area contributed by atoms with Crippen molar-refractivity contribution in [1.29, 1.82) is 0 Å². The SMILES string of the molecule is CC1=C(C(=O)OCOC(=O)C(C)(C)C)C(c2cccc(Cl)c2Cl)N(C)C(=O)N1C. The lowest BCUT2D eigenvalue weighted by molar-refractivity contribution is -0.171. The van der Waals surface area contributed by atoms with Gasteiger partial charge in [-0.15, -0.1) is 0 Å². The average Bonchev–Trinajstić information content (AvgIpc) is 2.64. The molecular weight excluding hydrogens is 419 g/mol. The molecule has 1 unspecified atom stereocenters. The summed E-state index contributed by atoms with van der Waals surface area (Å²) in [6.07, 6.45) is 0. The van der Waals surface area contributed by atoms with Crippen LogP contribution in [0.25, 0.3) is 0 Å². The van der Waals surface area contributed by atoms with Gasteiger partial charge in [-0.2, -0.15) is 0 Å². The molecule has 7 nitrogen and oxygen atoms in total. The fraction of sp³-hybridized carbons (Fsp3) is 0.450. The van der Waals surface area contributed by atoms with Gasteiger partial charge in [0, 0.05) is 19.8 Å². The second-order valence-electron chi connectivity index (χ2n) is 7.73. The quantitative estimate of drug-likeness (QED) is 0.510. The zero-order valence-electron chi connectivity index (χ0n) is 17.2. The van der Waals surface area contributed by atoms with Crippen LogP contribution in [-0.2, 0) is 19.1 Å². The molecule has 0 aromatic heterocycles. The Kier molecular flexibility index (Phi) is 6.86. The monoisotopic (exact) mass is 442 g/mol. The summed E-state index contributed by atoms with van der Waals surface area (Å²) >= 11 is 12.5. The summed E-state index contributed by atoms with van der Waals surface area (Å²) in [6.45, 7) is 6.17. The van der Waals surface area contributed by atoms with Crippen molar-refractivity contribution in [2.75, 3.05) is 20.9 Å². The molecule has 0 spiro atoms. The maximum atomic E-state index is 12.9. The van der Waals surface area contributed by atoms with Crippen LogP contribution >= 0.6 is 23.2 Å². The van der Waals surface area contributed by atoms with Gasteiger partial charge in [-0.05, 0) is 39.3 Å². The normalized spacial score (nSPS) is 17.5. The molecule has 1 aromatic rings. The number of carbonyl (C=O) groups excluding carboxylic acids is 3. The number of amides is 2. The third kappa shape index (κ3) is 4.67. The van der Waals surface area contributed by atoms with Gasteiger partial charge in [-0.3, -0.25) is 4.79 Å². The summed E-state index contributed by atoms with van der Waals surface area (Å²) < 4.78 is 10.2. The van der Waals surface area contributed by atoms with Crippen molar-refractivity contribution in [2.24, 2.45) is 5.41 Å². The number of likely N-dealkylation sites (N-methyl/N-ethyl adjacent to an activating group) is 1. The minimum atomic E-state index is -0.810. The smallest absolute Gasteiger partial charge is 0.341 e. The molecule has 1 aliphatic heterocycles. The van der Waals surface area contributed by atoms with Crippen LogP contribution < -0.4 is 0 Å². The lowest BCUT2D eigenvalue weighted by atomic mass is 9.93. The lowest BCUT2D eigenvalue weighted by Crippen LogP contribution is -2.47. The number of urea groups is 1. The van der Waals surface area contributed by atoms with Crippen LogP contribution in [0, 0.1) is 5.41 Å². The molecule has 0 aliphatic carbocycles. The van der Waals surface area contributed by atoms with Crippen LogP contribution in [0.2, 0.25) is 10.0 Å². The molecule has 1 aromatic carbocycles. The predicted octanol–water partition coefficient (Wildman–Crippen LogP) is 4.40. The number of nitrogens with zero attached hydrogens (tertiary/aromatic N) is 2. The number of carbonyl (C=O) groups is 3. The Balaban J connectivity index is 2.38. The number of esters is 2. The van der Waals surface area contributed by atoms with E-state index in [0.29, 0.717) is 16.3 Å². The van der Waals surface area contributed by atoms with Crippen molar-refractivity contribution in [2.45, 2.75) is 33.7 Å². The first-order valence-corrected chi connectivity index (χ1v) is 9.63. The molecular formula is C20H24Cl2N2O5. The predicted molar refractivity (Wildman–Crippen MR) is 109 cm³/mol. The van der Waals surface area contributed by atoms with Crippen LogP contribution in [0.5, 0.6) is 0 Å². The Morgan fingerprint density at radius 2 is 1.76 bits per heavy atom. The van der Waals surface area contributed by atoms with Gasteiger partial charge in [0.15, 0.2) is 0 Å². The second kappa shape index (κ2) is 8.63. The summed E-state index contributed by atoms with van der Waals surface area (Å²) in [4.78, 5) is 40.1. The highest BCUT2D eigenvalue weighted by Crippen LogP contribution is 2.41. The summed E-state index contributed by atoms with van der Waals surface area (Å²) in [5, 5.41) is 0.536. The molecule has 0 saturated carbocycles. The van der Waals surface area contributed by atoms with E-state index < -0.39 is 30.2 Å². The van der Waals surface area contributed by atoms with Crippen molar-refractivity contribution >= 4 is 41.2 Å². The highest BCUT2D eigenvalue weighted by molar-refractivity contribution is 6.42. The molecule has 9 heteroatoms. The largest absolute Gasteiger partial charge is 0.427 e. The minimum absolute atomic E-state index is 0.200. The molecule has 29 heavy (non-hydrogen) atoms. The van der Waals surface area contributed by atoms with E-state index >= 15 is 0 Å². The molecule has 0 N–H and O–H groups in total. The van der Waals surface area contributed by atoms with E-state index in [1.807, 2.05) is 0 Å². The lowest BCUT2D eigenvalue weighted by Gasteiger charge is -2.39. The summed E-state index contributed by atoms with van der Waals surface area (Å²) in [6, 6.07) is 3.86. The Morgan fingerprint density at radius 1 is 1.14 bits per heavy atom. The van der Waals surface area contributed by atoms with Gasteiger partial charge in [-0.1, -0.05) is 35.3 Å². The highest BCUT2D eigenvalue weighted by Gasteiger charge is 2.40. The Bertz CT molecular complexity index is 876. The first-order valence-electron chi connectivity index (χ1n) is 8.87. The number of halogens is 2. The molecule has 0 bridgehead atoms. The van der Waals surface area contributed by atoms with Crippen LogP contribution in [0.1, 0.15) is 39.3 Å². The molecule has 2 rings (SSSR count). The fourth-order valence-corrected chi connectivity index (χ4v) is 3.26. The summed E-state index contributed by atoms with van der Waals surface area (Å²) in [7, 11) is 3.11.